The molecule has 0 spiro atoms. The van der Waals surface area contributed by atoms with Gasteiger partial charge in [-0.25, -0.2) is 4.79 Å². The van der Waals surface area contributed by atoms with E-state index >= 15 is 0 Å². The summed E-state index contributed by atoms with van der Waals surface area (Å²) in [6.07, 6.45) is 0.361. The summed E-state index contributed by atoms with van der Waals surface area (Å²) in [7, 11) is 0. The van der Waals surface area contributed by atoms with Crippen LogP contribution < -0.4 is 0 Å². The zero-order chi connectivity index (χ0) is 8.85. The van der Waals surface area contributed by atoms with E-state index in [0.717, 1.165) is 6.08 Å². The highest BCUT2D eigenvalue weighted by Crippen LogP contribution is 2.02. The first-order valence-corrected chi connectivity index (χ1v) is 3.63. The summed E-state index contributed by atoms with van der Waals surface area (Å²) >= 11 is 5.56. The minimum atomic E-state index is -0.686. The van der Waals surface area contributed by atoms with E-state index < -0.39 is 17.5 Å². The van der Waals surface area contributed by atoms with Crippen LogP contribution in [0.3, 0.4) is 0 Å². The van der Waals surface area contributed by atoms with Crippen molar-refractivity contribution in [1.29, 1.82) is 0 Å². The first-order chi connectivity index (χ1) is 5.07. The lowest BCUT2D eigenvalue weighted by molar-refractivity contribution is -0.138. The number of carbonyl (C=O) groups excluding carboxylic acids is 1. The number of aliphatic hydroxyl groups is 1. The van der Waals surface area contributed by atoms with Crippen LogP contribution in [-0.2, 0) is 9.53 Å². The molecule has 0 aliphatic heterocycles. The molecule has 0 rings (SSSR count). The van der Waals surface area contributed by atoms with Gasteiger partial charge in [0.05, 0.1) is 11.5 Å². The summed E-state index contributed by atoms with van der Waals surface area (Å²) in [6, 6.07) is 0. The van der Waals surface area contributed by atoms with Gasteiger partial charge in [-0.1, -0.05) is 6.58 Å². The van der Waals surface area contributed by atoms with E-state index in [-0.39, 0.29) is 6.61 Å². The first kappa shape index (κ1) is 10.5. The fourth-order valence-corrected chi connectivity index (χ4v) is 0.423. The van der Waals surface area contributed by atoms with Gasteiger partial charge in [-0.05, 0) is 6.92 Å². The van der Waals surface area contributed by atoms with Gasteiger partial charge in [0.2, 0.25) is 0 Å². The zero-order valence-corrected chi connectivity index (χ0v) is 7.04. The SMILES string of the molecule is C=CC(=O)OCC(Cl)C(C)O. The Morgan fingerprint density at radius 1 is 1.91 bits per heavy atom. The maximum atomic E-state index is 10.5. The fourth-order valence-electron chi connectivity index (χ4n) is 0.360. The Balaban J connectivity index is 3.53. The molecule has 0 saturated heterocycles. The summed E-state index contributed by atoms with van der Waals surface area (Å²) in [5, 5.41) is 8.30. The number of hydrogen-bond acceptors (Lipinski definition) is 3. The predicted octanol–water partition coefficient (Wildman–Crippen LogP) is 0.704. The molecule has 0 aromatic carbocycles. The third kappa shape index (κ3) is 4.81. The molecule has 64 valence electrons. The lowest BCUT2D eigenvalue weighted by Gasteiger charge is -2.11. The monoisotopic (exact) mass is 178 g/mol. The average Bonchev–Trinajstić information content (AvgIpc) is 1.99. The molecule has 0 aliphatic carbocycles. The van der Waals surface area contributed by atoms with Gasteiger partial charge in [-0.15, -0.1) is 11.6 Å². The Labute approximate surface area is 70.6 Å². The molecule has 0 amide bonds. The largest absolute Gasteiger partial charge is 0.461 e. The third-order valence-electron chi connectivity index (χ3n) is 1.07. The van der Waals surface area contributed by atoms with Crippen LogP contribution in [0.1, 0.15) is 6.92 Å². The Morgan fingerprint density at radius 3 is 2.82 bits per heavy atom. The standard InChI is InChI=1S/C7H11ClO3/c1-3-7(10)11-4-6(8)5(2)9/h3,5-6,9H,1,4H2,2H3. The predicted molar refractivity (Wildman–Crippen MR) is 42.5 cm³/mol. The molecule has 2 unspecified atom stereocenters. The topological polar surface area (TPSA) is 46.5 Å². The second-order valence-corrected chi connectivity index (χ2v) is 2.65. The molecular weight excluding hydrogens is 168 g/mol. The van der Waals surface area contributed by atoms with E-state index in [0.29, 0.717) is 0 Å². The molecule has 4 heteroatoms. The van der Waals surface area contributed by atoms with Crippen molar-refractivity contribution >= 4 is 17.6 Å². The number of halogens is 1. The van der Waals surface area contributed by atoms with Gasteiger partial charge in [-0.2, -0.15) is 0 Å². The van der Waals surface area contributed by atoms with Crippen molar-refractivity contribution in [2.75, 3.05) is 6.61 Å². The van der Waals surface area contributed by atoms with E-state index in [1.165, 1.54) is 6.92 Å². The van der Waals surface area contributed by atoms with Crippen LogP contribution in [0.15, 0.2) is 12.7 Å². The minimum absolute atomic E-state index is 0.00404. The highest BCUT2D eigenvalue weighted by atomic mass is 35.5. The zero-order valence-electron chi connectivity index (χ0n) is 6.29. The maximum Gasteiger partial charge on any atom is 0.330 e. The van der Waals surface area contributed by atoms with Crippen molar-refractivity contribution in [1.82, 2.24) is 0 Å². The number of esters is 1. The molecule has 2 atom stereocenters. The van der Waals surface area contributed by atoms with Crippen molar-refractivity contribution in [2.45, 2.75) is 18.4 Å². The van der Waals surface area contributed by atoms with E-state index in [2.05, 4.69) is 11.3 Å². The van der Waals surface area contributed by atoms with Crippen LogP contribution in [0.2, 0.25) is 0 Å². The van der Waals surface area contributed by atoms with Crippen LogP contribution in [0.4, 0.5) is 0 Å². The van der Waals surface area contributed by atoms with Gasteiger partial charge in [0.25, 0.3) is 0 Å². The Bertz CT molecular complexity index is 145. The van der Waals surface area contributed by atoms with E-state index in [1.807, 2.05) is 0 Å². The normalized spacial score (nSPS) is 15.2. The Hall–Kier alpha value is -0.540. The van der Waals surface area contributed by atoms with E-state index in [9.17, 15) is 4.79 Å². The lowest BCUT2D eigenvalue weighted by Crippen LogP contribution is -2.23. The fraction of sp³-hybridized carbons (Fsp3) is 0.571. The molecule has 0 aliphatic rings. The highest BCUT2D eigenvalue weighted by Gasteiger charge is 2.12. The molecule has 1 N–H and O–H groups in total. The summed E-state index contributed by atoms with van der Waals surface area (Å²) in [4.78, 5) is 10.5. The molecule has 11 heavy (non-hydrogen) atoms. The number of ether oxygens (including phenoxy) is 1. The summed E-state index contributed by atoms with van der Waals surface area (Å²) in [5.74, 6) is -0.531. The summed E-state index contributed by atoms with van der Waals surface area (Å²) in [5.41, 5.74) is 0. The van der Waals surface area contributed by atoms with Crippen molar-refractivity contribution in [3.05, 3.63) is 12.7 Å². The Kier molecular flexibility index (Phi) is 4.90. The molecule has 0 radical (unpaired) electrons. The smallest absolute Gasteiger partial charge is 0.330 e. The van der Waals surface area contributed by atoms with Gasteiger partial charge in [0.1, 0.15) is 6.61 Å². The summed E-state index contributed by atoms with van der Waals surface area (Å²) in [6.45, 7) is 4.73. The van der Waals surface area contributed by atoms with Gasteiger partial charge in [-0.3, -0.25) is 0 Å². The second-order valence-electron chi connectivity index (χ2n) is 2.09. The van der Waals surface area contributed by atoms with E-state index in [4.69, 9.17) is 16.7 Å². The minimum Gasteiger partial charge on any atom is -0.461 e. The van der Waals surface area contributed by atoms with Gasteiger partial charge >= 0.3 is 5.97 Å². The first-order valence-electron chi connectivity index (χ1n) is 3.19. The second kappa shape index (κ2) is 5.16. The van der Waals surface area contributed by atoms with Crippen molar-refractivity contribution in [3.63, 3.8) is 0 Å². The third-order valence-corrected chi connectivity index (χ3v) is 1.57. The van der Waals surface area contributed by atoms with E-state index in [1.54, 1.807) is 0 Å². The van der Waals surface area contributed by atoms with Crippen LogP contribution in [-0.4, -0.2) is 29.2 Å². The maximum absolute atomic E-state index is 10.5. The quantitative estimate of drug-likeness (QED) is 0.392. The number of hydrogen-bond donors (Lipinski definition) is 1. The van der Waals surface area contributed by atoms with Crippen LogP contribution in [0.25, 0.3) is 0 Å². The molecule has 0 saturated carbocycles. The van der Waals surface area contributed by atoms with Gasteiger partial charge in [0, 0.05) is 6.08 Å². The van der Waals surface area contributed by atoms with Crippen molar-refractivity contribution < 1.29 is 14.6 Å². The molecule has 0 heterocycles. The summed E-state index contributed by atoms with van der Waals surface area (Å²) < 4.78 is 4.57. The lowest BCUT2D eigenvalue weighted by atomic mass is 10.3. The number of rotatable bonds is 4. The van der Waals surface area contributed by atoms with Crippen LogP contribution >= 0.6 is 11.6 Å². The number of carbonyl (C=O) groups is 1. The van der Waals surface area contributed by atoms with Crippen LogP contribution in [0, 0.1) is 0 Å². The molecule has 0 aromatic rings. The van der Waals surface area contributed by atoms with Crippen LogP contribution in [0.5, 0.6) is 0 Å². The number of aliphatic hydroxyl groups excluding tert-OH is 1. The molecule has 3 nitrogen and oxygen atoms in total. The Morgan fingerprint density at radius 2 is 2.45 bits per heavy atom. The number of alkyl halides is 1. The highest BCUT2D eigenvalue weighted by molar-refractivity contribution is 6.21. The van der Waals surface area contributed by atoms with Gasteiger partial charge in [0.15, 0.2) is 0 Å². The van der Waals surface area contributed by atoms with Crippen molar-refractivity contribution in [2.24, 2.45) is 0 Å². The van der Waals surface area contributed by atoms with Gasteiger partial charge < -0.3 is 9.84 Å². The van der Waals surface area contributed by atoms with Crippen molar-refractivity contribution in [3.8, 4) is 0 Å². The average molecular weight is 179 g/mol. The molecule has 0 fully saturated rings. The molecule has 0 bridgehead atoms. The molecular formula is C7H11ClO3. The molecule has 0 aromatic heterocycles.